The molecule has 1 N–H and O–H groups in total. The molecule has 122 valence electrons. The Morgan fingerprint density at radius 3 is 2.65 bits per heavy atom. The van der Waals surface area contributed by atoms with Crippen molar-refractivity contribution in [3.63, 3.8) is 0 Å². The summed E-state index contributed by atoms with van der Waals surface area (Å²) < 4.78 is 0.990. The molecular weight excluding hydrogens is 423 g/mol. The van der Waals surface area contributed by atoms with Gasteiger partial charge in [0.15, 0.2) is 0 Å². The Kier molecular flexibility index (Phi) is 6.47. The van der Waals surface area contributed by atoms with E-state index in [0.29, 0.717) is 11.6 Å². The average molecular weight is 436 g/mol. The topological polar surface area (TPSA) is 49.4 Å². The molecule has 8 heteroatoms. The third-order valence-electron chi connectivity index (χ3n) is 3.02. The number of nitrogens with zero attached hydrogens (tertiary/aromatic N) is 1. The molecule has 1 heterocycles. The third-order valence-corrected chi connectivity index (χ3v) is 5.25. The Balaban J connectivity index is 1.89. The summed E-state index contributed by atoms with van der Waals surface area (Å²) >= 11 is 16.7. The number of halogens is 3. The highest BCUT2D eigenvalue weighted by molar-refractivity contribution is 9.10. The largest absolute Gasteiger partial charge is 0.343 e. The smallest absolute Gasteiger partial charge is 0.253 e. The minimum atomic E-state index is -0.410. The summed E-state index contributed by atoms with van der Waals surface area (Å²) in [4.78, 5) is 26.7. The monoisotopic (exact) mass is 434 g/mol. The molecule has 0 fully saturated rings. The van der Waals surface area contributed by atoms with E-state index in [2.05, 4.69) is 21.2 Å². The van der Waals surface area contributed by atoms with Crippen LogP contribution >= 0.6 is 50.5 Å². The van der Waals surface area contributed by atoms with Gasteiger partial charge in [0.05, 0.1) is 23.7 Å². The second-order valence-corrected chi connectivity index (χ2v) is 7.54. The molecule has 0 saturated carbocycles. The number of carbonyl (C=O) groups excluding carboxylic acids is 2. The van der Waals surface area contributed by atoms with Gasteiger partial charge in [0, 0.05) is 26.8 Å². The number of thiophene rings is 1. The van der Waals surface area contributed by atoms with E-state index >= 15 is 0 Å². The van der Waals surface area contributed by atoms with Gasteiger partial charge in [-0.2, -0.15) is 0 Å². The molecule has 0 bridgehead atoms. The molecule has 0 unspecified atom stereocenters. The first kappa shape index (κ1) is 18.3. The van der Waals surface area contributed by atoms with Crippen LogP contribution in [0.3, 0.4) is 0 Å². The van der Waals surface area contributed by atoms with Crippen LogP contribution in [0.25, 0.3) is 0 Å². The summed E-state index contributed by atoms with van der Waals surface area (Å²) in [6, 6.07) is 6.55. The predicted molar refractivity (Wildman–Crippen MR) is 97.3 cm³/mol. The van der Waals surface area contributed by atoms with Gasteiger partial charge >= 0.3 is 0 Å². The number of hydrogen-bond acceptors (Lipinski definition) is 3. The van der Waals surface area contributed by atoms with Gasteiger partial charge in [-0.3, -0.25) is 9.59 Å². The van der Waals surface area contributed by atoms with Crippen molar-refractivity contribution < 1.29 is 9.59 Å². The minimum Gasteiger partial charge on any atom is -0.343 e. The lowest BCUT2D eigenvalue weighted by atomic mass is 10.2. The number of hydrogen-bond donors (Lipinski definition) is 1. The summed E-state index contributed by atoms with van der Waals surface area (Å²) in [6.07, 6.45) is 0. The Labute approximate surface area is 156 Å². The molecule has 0 radical (unpaired) electrons. The van der Waals surface area contributed by atoms with Crippen LogP contribution in [0.5, 0.6) is 0 Å². The van der Waals surface area contributed by atoms with Crippen molar-refractivity contribution in [1.29, 1.82) is 0 Å². The molecule has 23 heavy (non-hydrogen) atoms. The van der Waals surface area contributed by atoms with Gasteiger partial charge in [0.1, 0.15) is 0 Å². The van der Waals surface area contributed by atoms with Gasteiger partial charge in [-0.1, -0.05) is 23.2 Å². The number of likely N-dealkylation sites (N-methyl/N-ethyl adjacent to an activating group) is 1. The highest BCUT2D eigenvalue weighted by Gasteiger charge is 2.15. The Hall–Kier alpha value is -1.08. The maximum atomic E-state index is 12.1. The van der Waals surface area contributed by atoms with Gasteiger partial charge < -0.3 is 10.2 Å². The fraction of sp³-hybridized carbons (Fsp3) is 0.200. The molecule has 0 spiro atoms. The van der Waals surface area contributed by atoms with Crippen LogP contribution in [0.4, 0.5) is 0 Å². The van der Waals surface area contributed by atoms with E-state index in [1.807, 2.05) is 11.4 Å². The molecule has 2 amide bonds. The van der Waals surface area contributed by atoms with Gasteiger partial charge in [0.25, 0.3) is 5.91 Å². The van der Waals surface area contributed by atoms with E-state index in [1.54, 1.807) is 29.4 Å². The highest BCUT2D eigenvalue weighted by Crippen LogP contribution is 2.21. The van der Waals surface area contributed by atoms with E-state index in [9.17, 15) is 9.59 Å². The van der Waals surface area contributed by atoms with E-state index in [4.69, 9.17) is 23.2 Å². The lowest BCUT2D eigenvalue weighted by molar-refractivity contribution is -0.129. The zero-order chi connectivity index (χ0) is 17.0. The van der Waals surface area contributed by atoms with Gasteiger partial charge in [-0.15, -0.1) is 11.3 Å². The number of amides is 2. The van der Waals surface area contributed by atoms with Crippen molar-refractivity contribution >= 4 is 62.3 Å². The van der Waals surface area contributed by atoms with Gasteiger partial charge in [0.2, 0.25) is 5.91 Å². The molecule has 0 atom stereocenters. The van der Waals surface area contributed by atoms with Gasteiger partial charge in [-0.25, -0.2) is 0 Å². The van der Waals surface area contributed by atoms with E-state index in [0.717, 1.165) is 9.35 Å². The molecule has 1 aromatic carbocycles. The summed E-state index contributed by atoms with van der Waals surface area (Å²) in [7, 11) is 1.69. The van der Waals surface area contributed by atoms with Crippen molar-refractivity contribution in [2.45, 2.75) is 6.54 Å². The van der Waals surface area contributed by atoms with E-state index in [-0.39, 0.29) is 23.0 Å². The zero-order valence-electron chi connectivity index (χ0n) is 12.1. The Bertz CT molecular complexity index is 736. The molecule has 2 aromatic rings. The first-order valence-corrected chi connectivity index (χ1v) is 9.00. The second-order valence-electron chi connectivity index (χ2n) is 4.79. The lowest BCUT2D eigenvalue weighted by Gasteiger charge is -2.16. The number of rotatable bonds is 5. The Morgan fingerprint density at radius 1 is 1.30 bits per heavy atom. The standard InChI is InChI=1S/C15H13BrCl2N2O2S/c1-20(7-11-4-9(16)8-23-11)14(21)6-19-15(22)12-3-2-10(17)5-13(12)18/h2-5,8H,6-7H2,1H3,(H,19,22). The SMILES string of the molecule is CN(Cc1cc(Br)cs1)C(=O)CNC(=O)c1ccc(Cl)cc1Cl. The lowest BCUT2D eigenvalue weighted by Crippen LogP contribution is -2.37. The van der Waals surface area contributed by atoms with Crippen molar-refractivity contribution in [2.75, 3.05) is 13.6 Å². The van der Waals surface area contributed by atoms with Crippen molar-refractivity contribution in [3.05, 3.63) is 54.6 Å². The van der Waals surface area contributed by atoms with Crippen LogP contribution < -0.4 is 5.32 Å². The maximum Gasteiger partial charge on any atom is 0.253 e. The van der Waals surface area contributed by atoms with Crippen LogP contribution in [-0.2, 0) is 11.3 Å². The predicted octanol–water partition coefficient (Wildman–Crippen LogP) is 4.21. The maximum absolute atomic E-state index is 12.1. The molecule has 0 aliphatic carbocycles. The molecule has 0 aliphatic heterocycles. The van der Waals surface area contributed by atoms with Gasteiger partial charge in [-0.05, 0) is 40.2 Å². The number of nitrogens with one attached hydrogen (secondary N) is 1. The second kappa shape index (κ2) is 8.15. The summed E-state index contributed by atoms with van der Waals surface area (Å²) in [6.45, 7) is 0.396. The molecular formula is C15H13BrCl2N2O2S. The summed E-state index contributed by atoms with van der Waals surface area (Å²) in [5, 5.41) is 5.22. The van der Waals surface area contributed by atoms with Crippen molar-refractivity contribution in [2.24, 2.45) is 0 Å². The number of benzene rings is 1. The highest BCUT2D eigenvalue weighted by atomic mass is 79.9. The zero-order valence-corrected chi connectivity index (χ0v) is 16.0. The third kappa shape index (κ3) is 5.21. The number of carbonyl (C=O) groups is 2. The molecule has 0 saturated heterocycles. The van der Waals surface area contributed by atoms with Crippen molar-refractivity contribution in [1.82, 2.24) is 10.2 Å². The first-order chi connectivity index (χ1) is 10.9. The summed E-state index contributed by atoms with van der Waals surface area (Å²) in [5.41, 5.74) is 0.286. The van der Waals surface area contributed by atoms with Crippen molar-refractivity contribution in [3.8, 4) is 0 Å². The summed E-state index contributed by atoms with van der Waals surface area (Å²) in [5.74, 6) is -0.597. The fourth-order valence-electron chi connectivity index (χ4n) is 1.82. The molecule has 1 aromatic heterocycles. The van der Waals surface area contributed by atoms with Crippen LogP contribution in [0.15, 0.2) is 34.1 Å². The molecule has 4 nitrogen and oxygen atoms in total. The average Bonchev–Trinajstić information content (AvgIpc) is 2.89. The van der Waals surface area contributed by atoms with E-state index < -0.39 is 5.91 Å². The quantitative estimate of drug-likeness (QED) is 0.764. The van der Waals surface area contributed by atoms with Crippen LogP contribution in [0.2, 0.25) is 10.0 Å². The Morgan fingerprint density at radius 2 is 2.04 bits per heavy atom. The van der Waals surface area contributed by atoms with Crippen LogP contribution in [0.1, 0.15) is 15.2 Å². The fourth-order valence-corrected chi connectivity index (χ4v) is 3.82. The normalized spacial score (nSPS) is 10.4. The van der Waals surface area contributed by atoms with E-state index in [1.165, 1.54) is 12.1 Å². The molecule has 0 aliphatic rings. The first-order valence-electron chi connectivity index (χ1n) is 6.57. The molecule has 2 rings (SSSR count). The van der Waals surface area contributed by atoms with Crippen LogP contribution in [-0.4, -0.2) is 30.3 Å². The van der Waals surface area contributed by atoms with Crippen LogP contribution in [0, 0.1) is 0 Å². The minimum absolute atomic E-state index is 0.0964.